The monoisotopic (exact) mass is 262 g/mol. The van der Waals surface area contributed by atoms with E-state index in [1.54, 1.807) is 0 Å². The van der Waals surface area contributed by atoms with Crippen molar-refractivity contribution in [2.75, 3.05) is 20.6 Å². The molecule has 0 radical (unpaired) electrons. The van der Waals surface area contributed by atoms with Crippen LogP contribution >= 0.6 is 0 Å². The zero-order valence-electron chi connectivity index (χ0n) is 13.7. The normalized spacial score (nSPS) is 25.2. The second-order valence-corrected chi connectivity index (χ2v) is 7.33. The Morgan fingerprint density at radius 1 is 1.47 bits per heavy atom. The maximum atomic E-state index is 3.86. The van der Waals surface area contributed by atoms with Crippen LogP contribution < -0.4 is 0 Å². The maximum Gasteiger partial charge on any atom is 0.105 e. The van der Waals surface area contributed by atoms with Gasteiger partial charge in [-0.2, -0.15) is 0 Å². The minimum Gasteiger partial charge on any atom is -0.320 e. The van der Waals surface area contributed by atoms with Gasteiger partial charge in [-0.1, -0.05) is 38.2 Å². The zero-order valence-corrected chi connectivity index (χ0v) is 13.7. The molecule has 0 amide bonds. The zero-order chi connectivity index (χ0) is 14.7. The molecule has 1 nitrogen and oxygen atoms in total. The number of allylic oxidation sites excluding steroid dienone is 3. The molecule has 1 aliphatic rings. The first-order chi connectivity index (χ1) is 8.70. The second-order valence-electron chi connectivity index (χ2n) is 7.33. The van der Waals surface area contributed by atoms with Gasteiger partial charge in [0.25, 0.3) is 0 Å². The van der Waals surface area contributed by atoms with E-state index in [1.165, 1.54) is 18.4 Å². The minimum atomic E-state index is 0.393. The fourth-order valence-corrected chi connectivity index (χ4v) is 2.99. The van der Waals surface area contributed by atoms with Crippen molar-refractivity contribution in [1.82, 2.24) is 0 Å². The lowest BCUT2D eigenvalue weighted by Gasteiger charge is -2.38. The number of likely N-dealkylation sites (N-methyl/N-ethyl adjacent to an activating group) is 1. The van der Waals surface area contributed by atoms with Gasteiger partial charge in [0.05, 0.1) is 20.6 Å². The molecule has 0 fully saturated rings. The fourth-order valence-electron chi connectivity index (χ4n) is 2.99. The van der Waals surface area contributed by atoms with Gasteiger partial charge in [-0.05, 0) is 44.3 Å². The molecule has 0 aromatic heterocycles. The van der Waals surface area contributed by atoms with E-state index in [9.17, 15) is 0 Å². The summed E-state index contributed by atoms with van der Waals surface area (Å²) in [6.45, 7) is 14.2. The van der Waals surface area contributed by atoms with Crippen molar-refractivity contribution in [1.29, 1.82) is 0 Å². The van der Waals surface area contributed by atoms with Crippen LogP contribution in [0.1, 0.15) is 40.5 Å². The van der Waals surface area contributed by atoms with Crippen molar-refractivity contribution in [3.8, 4) is 0 Å². The molecule has 19 heavy (non-hydrogen) atoms. The van der Waals surface area contributed by atoms with Gasteiger partial charge >= 0.3 is 0 Å². The molecule has 0 bridgehead atoms. The Labute approximate surface area is 120 Å². The summed E-state index contributed by atoms with van der Waals surface area (Å²) in [6.07, 6.45) is 11.8. The molecular formula is C18H32N+. The van der Waals surface area contributed by atoms with Gasteiger partial charge in [-0.3, -0.25) is 0 Å². The molecule has 1 rings (SSSR count). The van der Waals surface area contributed by atoms with Gasteiger partial charge in [0.1, 0.15) is 6.04 Å². The van der Waals surface area contributed by atoms with E-state index in [2.05, 4.69) is 66.6 Å². The van der Waals surface area contributed by atoms with Crippen molar-refractivity contribution in [3.05, 3.63) is 36.5 Å². The van der Waals surface area contributed by atoms with Crippen molar-refractivity contribution in [2.45, 2.75) is 46.6 Å². The van der Waals surface area contributed by atoms with Crippen LogP contribution in [0, 0.1) is 11.3 Å². The van der Waals surface area contributed by atoms with Crippen LogP contribution in [-0.4, -0.2) is 31.2 Å². The summed E-state index contributed by atoms with van der Waals surface area (Å²) < 4.78 is 0.968. The topological polar surface area (TPSA) is 0 Å². The molecule has 0 saturated heterocycles. The van der Waals surface area contributed by atoms with Gasteiger partial charge < -0.3 is 4.48 Å². The highest BCUT2D eigenvalue weighted by atomic mass is 15.3. The van der Waals surface area contributed by atoms with Crippen LogP contribution in [-0.2, 0) is 0 Å². The Balaban J connectivity index is 2.82. The summed E-state index contributed by atoms with van der Waals surface area (Å²) in [5, 5.41) is 0. The van der Waals surface area contributed by atoms with Crippen LogP contribution in [0.5, 0.6) is 0 Å². The van der Waals surface area contributed by atoms with E-state index in [0.717, 1.165) is 11.0 Å². The van der Waals surface area contributed by atoms with E-state index < -0.39 is 0 Å². The number of hydrogen-bond acceptors (Lipinski definition) is 0. The Bertz CT molecular complexity index is 371. The average Bonchev–Trinajstić information content (AvgIpc) is 2.27. The summed E-state index contributed by atoms with van der Waals surface area (Å²) in [6, 6.07) is 0.517. The van der Waals surface area contributed by atoms with Crippen molar-refractivity contribution in [2.24, 2.45) is 11.3 Å². The first-order valence-corrected chi connectivity index (χ1v) is 7.49. The number of quaternary nitrogens is 1. The van der Waals surface area contributed by atoms with Gasteiger partial charge in [0.15, 0.2) is 0 Å². The van der Waals surface area contributed by atoms with E-state index >= 15 is 0 Å². The smallest absolute Gasteiger partial charge is 0.105 e. The molecule has 2 unspecified atom stereocenters. The minimum absolute atomic E-state index is 0.393. The van der Waals surface area contributed by atoms with Crippen LogP contribution in [0.2, 0.25) is 0 Å². The van der Waals surface area contributed by atoms with Gasteiger partial charge in [0.2, 0.25) is 0 Å². The lowest BCUT2D eigenvalue weighted by molar-refractivity contribution is -0.900. The van der Waals surface area contributed by atoms with Crippen molar-refractivity contribution >= 4 is 0 Å². The first kappa shape index (κ1) is 16.2. The third kappa shape index (κ3) is 4.07. The summed E-state index contributed by atoms with van der Waals surface area (Å²) in [7, 11) is 4.54. The molecule has 0 saturated carbocycles. The van der Waals surface area contributed by atoms with Gasteiger partial charge in [0, 0.05) is 5.92 Å². The molecule has 1 aliphatic carbocycles. The maximum absolute atomic E-state index is 3.86. The summed E-state index contributed by atoms with van der Waals surface area (Å²) in [5.74, 6) is 0.590. The Kier molecular flexibility index (Phi) is 5.20. The van der Waals surface area contributed by atoms with Gasteiger partial charge in [-0.15, -0.1) is 0 Å². The first-order valence-electron chi connectivity index (χ1n) is 7.49. The molecule has 108 valence electrons. The number of rotatable bonds is 5. The standard InChI is InChI=1S/C18H32N/c1-8-14-19(6,7)16(3)11-12-17-15(2)10-9-13-18(17,4)5/h8,10-12,16-17H,1,9,13-14H2,2-7H3/q+1. The molecule has 0 spiro atoms. The van der Waals surface area contributed by atoms with E-state index in [0.29, 0.717) is 17.4 Å². The second kappa shape index (κ2) is 6.09. The average molecular weight is 262 g/mol. The van der Waals surface area contributed by atoms with Crippen LogP contribution in [0.25, 0.3) is 0 Å². The predicted octanol–water partition coefficient (Wildman–Crippen LogP) is 4.58. The Morgan fingerprint density at radius 2 is 2.11 bits per heavy atom. The largest absolute Gasteiger partial charge is 0.320 e. The van der Waals surface area contributed by atoms with E-state index in [-0.39, 0.29) is 0 Å². The van der Waals surface area contributed by atoms with E-state index in [1.807, 2.05) is 6.08 Å². The molecular weight excluding hydrogens is 230 g/mol. The highest BCUT2D eigenvalue weighted by Gasteiger charge is 2.31. The Hall–Kier alpha value is -0.820. The number of nitrogens with zero attached hydrogens (tertiary/aromatic N) is 1. The predicted molar refractivity (Wildman–Crippen MR) is 86.0 cm³/mol. The highest BCUT2D eigenvalue weighted by molar-refractivity contribution is 5.19. The van der Waals surface area contributed by atoms with Crippen molar-refractivity contribution < 1.29 is 4.48 Å². The SMILES string of the molecule is C=CC[N+](C)(C)C(C)C=CC1C(C)=CCCC1(C)C. The van der Waals surface area contributed by atoms with Crippen LogP contribution in [0.4, 0.5) is 0 Å². The summed E-state index contributed by atoms with van der Waals surface area (Å²) in [5.41, 5.74) is 1.93. The third-order valence-electron chi connectivity index (χ3n) is 4.87. The summed E-state index contributed by atoms with van der Waals surface area (Å²) >= 11 is 0. The third-order valence-corrected chi connectivity index (χ3v) is 4.87. The van der Waals surface area contributed by atoms with Crippen molar-refractivity contribution in [3.63, 3.8) is 0 Å². The molecule has 0 N–H and O–H groups in total. The lowest BCUT2D eigenvalue weighted by Crippen LogP contribution is -2.46. The quantitative estimate of drug-likeness (QED) is 0.503. The molecule has 0 aromatic rings. The van der Waals surface area contributed by atoms with E-state index in [4.69, 9.17) is 0 Å². The number of hydrogen-bond donors (Lipinski definition) is 0. The lowest BCUT2D eigenvalue weighted by atomic mass is 9.68. The molecule has 2 atom stereocenters. The van der Waals surface area contributed by atoms with Crippen LogP contribution in [0.15, 0.2) is 36.5 Å². The fraction of sp³-hybridized carbons (Fsp3) is 0.667. The van der Waals surface area contributed by atoms with Gasteiger partial charge in [-0.25, -0.2) is 0 Å². The Morgan fingerprint density at radius 3 is 2.63 bits per heavy atom. The summed E-state index contributed by atoms with van der Waals surface area (Å²) in [4.78, 5) is 0. The molecule has 0 aromatic carbocycles. The highest BCUT2D eigenvalue weighted by Crippen LogP contribution is 2.41. The molecule has 0 heterocycles. The van der Waals surface area contributed by atoms with Crippen LogP contribution in [0.3, 0.4) is 0 Å². The molecule has 1 heteroatoms. The molecule has 0 aliphatic heterocycles.